The first-order valence-electron chi connectivity index (χ1n) is 9.07. The Morgan fingerprint density at radius 2 is 1.54 bits per heavy atom. The van der Waals surface area contributed by atoms with Crippen LogP contribution in [0.2, 0.25) is 0 Å². The minimum absolute atomic E-state index is 0.334. The van der Waals surface area contributed by atoms with Crippen LogP contribution < -0.4 is 0 Å². The maximum atomic E-state index is 5.78. The highest BCUT2D eigenvalue weighted by Gasteiger charge is 2.35. The molecule has 0 amide bonds. The molecule has 0 heterocycles. The lowest BCUT2D eigenvalue weighted by atomic mass is 9.75. The molecule has 0 aliphatic heterocycles. The zero-order valence-electron chi connectivity index (χ0n) is 16.2. The number of rotatable bonds is 7. The molecule has 2 aliphatic carbocycles. The van der Waals surface area contributed by atoms with E-state index in [0.29, 0.717) is 24.0 Å². The van der Waals surface area contributed by atoms with Gasteiger partial charge in [0.2, 0.25) is 0 Å². The van der Waals surface area contributed by atoms with Crippen LogP contribution in [0.4, 0.5) is 0 Å². The van der Waals surface area contributed by atoms with Gasteiger partial charge >= 0.3 is 0 Å². The van der Waals surface area contributed by atoms with E-state index in [1.54, 1.807) is 14.2 Å². The van der Waals surface area contributed by atoms with E-state index in [1.165, 1.54) is 11.1 Å². The molecule has 0 bridgehead atoms. The van der Waals surface area contributed by atoms with Crippen LogP contribution in [0.15, 0.2) is 22.7 Å². The third-order valence-corrected chi connectivity index (χ3v) is 5.88. The Labute approximate surface area is 147 Å². The van der Waals surface area contributed by atoms with E-state index in [1.807, 2.05) is 14.2 Å². The third-order valence-electron chi connectivity index (χ3n) is 5.88. The minimum atomic E-state index is 0.334. The lowest BCUT2D eigenvalue weighted by Gasteiger charge is -2.39. The summed E-state index contributed by atoms with van der Waals surface area (Å²) < 4.78 is 22.7. The van der Waals surface area contributed by atoms with Gasteiger partial charge in [0.15, 0.2) is 0 Å². The fraction of sp³-hybridized carbons (Fsp3) is 0.800. The molecule has 0 radical (unpaired) electrons. The Balaban J connectivity index is 2.02. The molecule has 0 aromatic heterocycles. The number of ether oxygens (including phenoxy) is 4. The second kappa shape index (κ2) is 8.91. The minimum Gasteiger partial charge on any atom is -0.501 e. The van der Waals surface area contributed by atoms with Crippen LogP contribution in [0.3, 0.4) is 0 Å². The molecule has 1 saturated carbocycles. The first kappa shape index (κ1) is 19.3. The molecular formula is C20H34O4. The van der Waals surface area contributed by atoms with Crippen molar-refractivity contribution in [2.24, 2.45) is 11.8 Å². The van der Waals surface area contributed by atoms with E-state index in [2.05, 4.69) is 13.8 Å². The van der Waals surface area contributed by atoms with Crippen molar-refractivity contribution in [3.8, 4) is 0 Å². The van der Waals surface area contributed by atoms with Crippen LogP contribution in [0, 0.1) is 11.8 Å². The largest absolute Gasteiger partial charge is 0.501 e. The van der Waals surface area contributed by atoms with Crippen molar-refractivity contribution in [2.45, 2.75) is 64.6 Å². The van der Waals surface area contributed by atoms with Gasteiger partial charge < -0.3 is 18.9 Å². The van der Waals surface area contributed by atoms with Crippen molar-refractivity contribution in [3.63, 3.8) is 0 Å². The highest BCUT2D eigenvalue weighted by atomic mass is 16.5. The Kier molecular flexibility index (Phi) is 7.17. The van der Waals surface area contributed by atoms with E-state index < -0.39 is 0 Å². The maximum absolute atomic E-state index is 5.78. The molecule has 4 heteroatoms. The lowest BCUT2D eigenvalue weighted by molar-refractivity contribution is -0.0646. The molecule has 0 spiro atoms. The molecule has 4 nitrogen and oxygen atoms in total. The van der Waals surface area contributed by atoms with Gasteiger partial charge in [-0.3, -0.25) is 0 Å². The fourth-order valence-corrected chi connectivity index (χ4v) is 4.27. The molecule has 2 aliphatic rings. The predicted molar refractivity (Wildman–Crippen MR) is 95.7 cm³/mol. The highest BCUT2D eigenvalue weighted by molar-refractivity contribution is 5.28. The third kappa shape index (κ3) is 4.34. The van der Waals surface area contributed by atoms with Gasteiger partial charge in [0, 0.05) is 27.1 Å². The zero-order chi connectivity index (χ0) is 17.7. The van der Waals surface area contributed by atoms with Crippen LogP contribution in [0.5, 0.6) is 0 Å². The summed E-state index contributed by atoms with van der Waals surface area (Å²) in [4.78, 5) is 0. The van der Waals surface area contributed by atoms with E-state index in [-0.39, 0.29) is 0 Å². The predicted octanol–water partition coefficient (Wildman–Crippen LogP) is 4.46. The molecule has 2 rings (SSSR count). The Hall–Kier alpha value is -1.00. The average Bonchev–Trinajstić information content (AvgIpc) is 2.60. The number of methoxy groups -OCH3 is 4. The van der Waals surface area contributed by atoms with Gasteiger partial charge in [-0.2, -0.15) is 0 Å². The second-order valence-corrected chi connectivity index (χ2v) is 7.29. The SMILES string of the molecule is COC1=C(C)CC(OC)=C(CCC2CC(OC)C(C)CC2OC)C1. The van der Waals surface area contributed by atoms with Gasteiger partial charge in [-0.15, -0.1) is 0 Å². The lowest BCUT2D eigenvalue weighted by Crippen LogP contribution is -2.39. The molecule has 4 unspecified atom stereocenters. The van der Waals surface area contributed by atoms with Crippen molar-refractivity contribution < 1.29 is 18.9 Å². The Morgan fingerprint density at radius 1 is 0.875 bits per heavy atom. The van der Waals surface area contributed by atoms with Crippen LogP contribution >= 0.6 is 0 Å². The summed E-state index contributed by atoms with van der Waals surface area (Å²) in [5, 5.41) is 0. The van der Waals surface area contributed by atoms with Gasteiger partial charge in [-0.25, -0.2) is 0 Å². The van der Waals surface area contributed by atoms with Gasteiger partial charge in [0.05, 0.1) is 37.9 Å². The van der Waals surface area contributed by atoms with E-state index in [0.717, 1.165) is 50.0 Å². The molecule has 4 atom stereocenters. The zero-order valence-corrected chi connectivity index (χ0v) is 16.2. The summed E-state index contributed by atoms with van der Waals surface area (Å²) in [7, 11) is 7.21. The molecule has 0 aromatic rings. The summed E-state index contributed by atoms with van der Waals surface area (Å²) in [5.41, 5.74) is 2.65. The van der Waals surface area contributed by atoms with Crippen molar-refractivity contribution >= 4 is 0 Å². The smallest absolute Gasteiger partial charge is 0.0993 e. The monoisotopic (exact) mass is 338 g/mol. The first-order valence-corrected chi connectivity index (χ1v) is 9.07. The number of hydrogen-bond acceptors (Lipinski definition) is 4. The fourth-order valence-electron chi connectivity index (χ4n) is 4.27. The number of hydrogen-bond donors (Lipinski definition) is 0. The van der Waals surface area contributed by atoms with Crippen molar-refractivity contribution in [1.82, 2.24) is 0 Å². The topological polar surface area (TPSA) is 36.9 Å². The summed E-state index contributed by atoms with van der Waals surface area (Å²) in [6, 6.07) is 0. The Bertz CT molecular complexity index is 480. The van der Waals surface area contributed by atoms with E-state index in [9.17, 15) is 0 Å². The summed E-state index contributed by atoms with van der Waals surface area (Å²) >= 11 is 0. The number of allylic oxidation sites excluding steroid dienone is 2. The molecule has 24 heavy (non-hydrogen) atoms. The molecule has 138 valence electrons. The molecule has 0 aromatic carbocycles. The van der Waals surface area contributed by atoms with Gasteiger partial charge in [-0.05, 0) is 55.6 Å². The van der Waals surface area contributed by atoms with Crippen LogP contribution in [-0.2, 0) is 18.9 Å². The maximum Gasteiger partial charge on any atom is 0.0993 e. The standard InChI is InChI=1S/C20H34O4/c1-13-9-19(23-5)15(11-17(13)21-3)7-8-16-12-18(22-4)14(2)10-20(16)24-6/h13,15,17,19H,7-12H2,1-6H3. The quantitative estimate of drug-likeness (QED) is 0.687. The van der Waals surface area contributed by atoms with Gasteiger partial charge in [0.25, 0.3) is 0 Å². The molecule has 1 fully saturated rings. The molecule has 0 N–H and O–H groups in total. The van der Waals surface area contributed by atoms with Gasteiger partial charge in [-0.1, -0.05) is 6.92 Å². The molecular weight excluding hydrogens is 304 g/mol. The second-order valence-electron chi connectivity index (χ2n) is 7.29. The Morgan fingerprint density at radius 3 is 2.12 bits per heavy atom. The van der Waals surface area contributed by atoms with E-state index in [4.69, 9.17) is 18.9 Å². The van der Waals surface area contributed by atoms with Crippen LogP contribution in [0.25, 0.3) is 0 Å². The summed E-state index contributed by atoms with van der Waals surface area (Å²) in [6.07, 6.45) is 6.74. The summed E-state index contributed by atoms with van der Waals surface area (Å²) in [5.74, 6) is 3.32. The first-order chi connectivity index (χ1) is 11.5. The average molecular weight is 338 g/mol. The van der Waals surface area contributed by atoms with Crippen LogP contribution in [-0.4, -0.2) is 40.6 Å². The van der Waals surface area contributed by atoms with Crippen molar-refractivity contribution in [3.05, 3.63) is 22.7 Å². The van der Waals surface area contributed by atoms with Gasteiger partial charge in [0.1, 0.15) is 0 Å². The molecule has 0 saturated heterocycles. The van der Waals surface area contributed by atoms with Crippen molar-refractivity contribution in [2.75, 3.05) is 28.4 Å². The highest BCUT2D eigenvalue weighted by Crippen LogP contribution is 2.38. The van der Waals surface area contributed by atoms with E-state index >= 15 is 0 Å². The van der Waals surface area contributed by atoms with Crippen LogP contribution in [0.1, 0.15) is 52.4 Å². The van der Waals surface area contributed by atoms with Crippen molar-refractivity contribution in [1.29, 1.82) is 0 Å². The normalized spacial score (nSPS) is 31.4. The summed E-state index contributed by atoms with van der Waals surface area (Å²) in [6.45, 7) is 4.39.